The molecule has 3 heteroatoms. The first-order valence-corrected chi connectivity index (χ1v) is 7.88. The monoisotopic (exact) mass is 288 g/mol. The van der Waals surface area contributed by atoms with Gasteiger partial charge >= 0.3 is 5.97 Å². The Kier molecular flexibility index (Phi) is 5.54. The van der Waals surface area contributed by atoms with Crippen LogP contribution in [-0.2, 0) is 20.7 Å². The first kappa shape index (κ1) is 15.7. The van der Waals surface area contributed by atoms with Gasteiger partial charge in [-0.05, 0) is 36.8 Å². The summed E-state index contributed by atoms with van der Waals surface area (Å²) in [6.07, 6.45) is 5.32. The van der Waals surface area contributed by atoms with Crippen molar-refractivity contribution in [1.82, 2.24) is 0 Å². The first-order valence-electron chi connectivity index (χ1n) is 7.88. The fraction of sp³-hybridized carbons (Fsp3) is 0.556. The minimum Gasteiger partial charge on any atom is -0.468 e. The molecule has 0 bridgehead atoms. The second-order valence-electron chi connectivity index (χ2n) is 5.76. The lowest BCUT2D eigenvalue weighted by Gasteiger charge is -2.27. The minimum absolute atomic E-state index is 0.0439. The van der Waals surface area contributed by atoms with E-state index in [1.807, 2.05) is 18.2 Å². The van der Waals surface area contributed by atoms with E-state index in [1.54, 1.807) is 0 Å². The molecule has 1 aromatic rings. The molecule has 0 aliphatic heterocycles. The maximum Gasteiger partial charge on any atom is 0.316 e. The Hall–Kier alpha value is -1.64. The van der Waals surface area contributed by atoms with E-state index in [9.17, 15) is 9.59 Å². The predicted molar refractivity (Wildman–Crippen MR) is 82.2 cm³/mol. The summed E-state index contributed by atoms with van der Waals surface area (Å²) in [6, 6.07) is 8.11. The number of methoxy groups -OCH3 is 1. The summed E-state index contributed by atoms with van der Waals surface area (Å²) < 4.78 is 4.85. The number of fused-ring (bicyclic) bond motifs is 1. The molecule has 114 valence electrons. The van der Waals surface area contributed by atoms with E-state index in [2.05, 4.69) is 13.0 Å². The van der Waals surface area contributed by atoms with Gasteiger partial charge in [0.15, 0.2) is 5.78 Å². The molecular formula is C18H24O3. The highest BCUT2D eigenvalue weighted by Gasteiger charge is 2.35. The van der Waals surface area contributed by atoms with Crippen molar-refractivity contribution in [2.24, 2.45) is 5.92 Å². The maximum atomic E-state index is 12.9. The highest BCUT2D eigenvalue weighted by molar-refractivity contribution is 6.02. The first-order chi connectivity index (χ1) is 10.2. The van der Waals surface area contributed by atoms with Crippen LogP contribution in [0.2, 0.25) is 0 Å². The number of esters is 1. The summed E-state index contributed by atoms with van der Waals surface area (Å²) in [5, 5.41) is 0. The number of rotatable bonds is 6. The normalized spacial score (nSPS) is 18.7. The number of ether oxygens (including phenoxy) is 1. The molecule has 0 spiro atoms. The average molecular weight is 288 g/mol. The van der Waals surface area contributed by atoms with Crippen LogP contribution in [-0.4, -0.2) is 18.9 Å². The van der Waals surface area contributed by atoms with Crippen LogP contribution in [0.1, 0.15) is 56.1 Å². The molecular weight excluding hydrogens is 264 g/mol. The van der Waals surface area contributed by atoms with Crippen LogP contribution < -0.4 is 0 Å². The molecule has 2 unspecified atom stereocenters. The summed E-state index contributed by atoms with van der Waals surface area (Å²) >= 11 is 0. The lowest BCUT2D eigenvalue weighted by Crippen LogP contribution is -2.31. The standard InChI is InChI=1S/C18H24O3/c1-3-4-10-16(18(20)21-2)17(19)15-12-7-9-13-8-5-6-11-14(13)15/h5-6,8,11,15-16H,3-4,7,9-10,12H2,1-2H3. The Labute approximate surface area is 126 Å². The third kappa shape index (κ3) is 3.52. The van der Waals surface area contributed by atoms with Crippen molar-refractivity contribution in [3.8, 4) is 0 Å². The van der Waals surface area contributed by atoms with E-state index in [4.69, 9.17) is 4.74 Å². The molecule has 0 N–H and O–H groups in total. The number of carbonyl (C=O) groups is 2. The van der Waals surface area contributed by atoms with Crippen molar-refractivity contribution in [2.45, 2.75) is 51.4 Å². The van der Waals surface area contributed by atoms with Crippen molar-refractivity contribution >= 4 is 11.8 Å². The van der Waals surface area contributed by atoms with E-state index in [1.165, 1.54) is 12.7 Å². The molecule has 1 aliphatic carbocycles. The molecule has 2 atom stereocenters. The topological polar surface area (TPSA) is 43.4 Å². The molecule has 0 radical (unpaired) electrons. The highest BCUT2D eigenvalue weighted by atomic mass is 16.5. The SMILES string of the molecule is CCCCC(C(=O)OC)C(=O)C1CCCc2ccccc21. The van der Waals surface area contributed by atoms with Gasteiger partial charge in [-0.3, -0.25) is 9.59 Å². The Bertz CT molecular complexity index is 507. The van der Waals surface area contributed by atoms with Crippen LogP contribution in [0.4, 0.5) is 0 Å². The van der Waals surface area contributed by atoms with Gasteiger partial charge in [0.05, 0.1) is 7.11 Å². The summed E-state index contributed by atoms with van der Waals surface area (Å²) in [6.45, 7) is 2.06. The van der Waals surface area contributed by atoms with E-state index in [0.717, 1.165) is 37.7 Å². The maximum absolute atomic E-state index is 12.9. The number of hydrogen-bond donors (Lipinski definition) is 0. The van der Waals surface area contributed by atoms with Crippen molar-refractivity contribution < 1.29 is 14.3 Å². The fourth-order valence-corrected chi connectivity index (χ4v) is 3.22. The van der Waals surface area contributed by atoms with Crippen LogP contribution in [0, 0.1) is 5.92 Å². The van der Waals surface area contributed by atoms with Crippen LogP contribution in [0.5, 0.6) is 0 Å². The lowest BCUT2D eigenvalue weighted by molar-refractivity contribution is -0.150. The molecule has 0 amide bonds. The van der Waals surface area contributed by atoms with Gasteiger partial charge in [-0.2, -0.15) is 0 Å². The number of benzene rings is 1. The second kappa shape index (κ2) is 7.39. The third-order valence-corrected chi connectivity index (χ3v) is 4.39. The van der Waals surface area contributed by atoms with Gasteiger partial charge in [0.2, 0.25) is 0 Å². The molecule has 21 heavy (non-hydrogen) atoms. The van der Waals surface area contributed by atoms with Gasteiger partial charge < -0.3 is 4.74 Å². The number of aryl methyl sites for hydroxylation is 1. The van der Waals surface area contributed by atoms with Crippen molar-refractivity contribution in [2.75, 3.05) is 7.11 Å². The van der Waals surface area contributed by atoms with E-state index in [0.29, 0.717) is 6.42 Å². The van der Waals surface area contributed by atoms with Crippen LogP contribution >= 0.6 is 0 Å². The molecule has 0 fully saturated rings. The number of ketones is 1. The zero-order chi connectivity index (χ0) is 15.2. The van der Waals surface area contributed by atoms with Gasteiger partial charge in [0.1, 0.15) is 5.92 Å². The average Bonchev–Trinajstić information content (AvgIpc) is 2.54. The summed E-state index contributed by atoms with van der Waals surface area (Å²) in [5.74, 6) is -1.08. The number of unbranched alkanes of at least 4 members (excludes halogenated alkanes) is 1. The Balaban J connectivity index is 2.23. The van der Waals surface area contributed by atoms with Crippen LogP contribution in [0.3, 0.4) is 0 Å². The van der Waals surface area contributed by atoms with Crippen LogP contribution in [0.25, 0.3) is 0 Å². The van der Waals surface area contributed by atoms with Gasteiger partial charge in [0.25, 0.3) is 0 Å². The fourth-order valence-electron chi connectivity index (χ4n) is 3.22. The lowest BCUT2D eigenvalue weighted by atomic mass is 9.76. The summed E-state index contributed by atoms with van der Waals surface area (Å²) in [5.41, 5.74) is 2.36. The minimum atomic E-state index is -0.605. The van der Waals surface area contributed by atoms with Gasteiger partial charge in [0, 0.05) is 5.92 Å². The van der Waals surface area contributed by atoms with E-state index >= 15 is 0 Å². The Morgan fingerprint density at radius 2 is 2.10 bits per heavy atom. The molecule has 0 heterocycles. The molecule has 0 aromatic heterocycles. The second-order valence-corrected chi connectivity index (χ2v) is 5.76. The Morgan fingerprint density at radius 1 is 1.33 bits per heavy atom. The van der Waals surface area contributed by atoms with Gasteiger partial charge in [-0.15, -0.1) is 0 Å². The quantitative estimate of drug-likeness (QED) is 0.592. The highest BCUT2D eigenvalue weighted by Crippen LogP contribution is 2.35. The molecule has 3 nitrogen and oxygen atoms in total. The number of hydrogen-bond acceptors (Lipinski definition) is 3. The zero-order valence-electron chi connectivity index (χ0n) is 12.9. The number of carbonyl (C=O) groups excluding carboxylic acids is 2. The summed E-state index contributed by atoms with van der Waals surface area (Å²) in [7, 11) is 1.36. The van der Waals surface area contributed by atoms with E-state index < -0.39 is 5.92 Å². The van der Waals surface area contributed by atoms with Crippen molar-refractivity contribution in [3.05, 3.63) is 35.4 Å². The molecule has 2 rings (SSSR count). The molecule has 1 aliphatic rings. The van der Waals surface area contributed by atoms with Crippen molar-refractivity contribution in [1.29, 1.82) is 0 Å². The summed E-state index contributed by atoms with van der Waals surface area (Å²) in [4.78, 5) is 24.8. The molecule has 1 aromatic carbocycles. The van der Waals surface area contributed by atoms with Crippen LogP contribution in [0.15, 0.2) is 24.3 Å². The van der Waals surface area contributed by atoms with Crippen molar-refractivity contribution in [3.63, 3.8) is 0 Å². The smallest absolute Gasteiger partial charge is 0.316 e. The molecule has 0 saturated carbocycles. The van der Waals surface area contributed by atoms with Gasteiger partial charge in [-0.1, -0.05) is 44.0 Å². The third-order valence-electron chi connectivity index (χ3n) is 4.39. The molecule has 0 saturated heterocycles. The van der Waals surface area contributed by atoms with E-state index in [-0.39, 0.29) is 17.7 Å². The predicted octanol–water partition coefficient (Wildman–Crippen LogP) is 3.66. The largest absolute Gasteiger partial charge is 0.468 e. The number of Topliss-reactive ketones (excluding diaryl/α,β-unsaturated/α-hetero) is 1. The Morgan fingerprint density at radius 3 is 2.81 bits per heavy atom. The zero-order valence-corrected chi connectivity index (χ0v) is 12.9. The van der Waals surface area contributed by atoms with Gasteiger partial charge in [-0.25, -0.2) is 0 Å².